The van der Waals surface area contributed by atoms with Crippen LogP contribution in [0.1, 0.15) is 12.8 Å². The first-order valence-corrected chi connectivity index (χ1v) is 8.01. The third-order valence-corrected chi connectivity index (χ3v) is 5.10. The summed E-state index contributed by atoms with van der Waals surface area (Å²) >= 11 is 0. The van der Waals surface area contributed by atoms with Crippen molar-refractivity contribution in [3.05, 3.63) is 24.3 Å². The third-order valence-electron chi connectivity index (χ3n) is 3.59. The van der Waals surface area contributed by atoms with Crippen molar-refractivity contribution in [3.8, 4) is 0 Å². The molecule has 0 amide bonds. The van der Waals surface area contributed by atoms with Crippen LogP contribution in [-0.4, -0.2) is 38.7 Å². The number of nitrogens with zero attached hydrogens (tertiary/aromatic N) is 1. The molecule has 0 spiro atoms. The van der Waals surface area contributed by atoms with Gasteiger partial charge in [-0.3, -0.25) is 0 Å². The Morgan fingerprint density at radius 2 is 1.86 bits per heavy atom. The summed E-state index contributed by atoms with van der Waals surface area (Å²) in [6, 6.07) is 4.69. The number of hydrogen-bond acceptors (Lipinski definition) is 4. The van der Waals surface area contributed by atoms with Gasteiger partial charge < -0.3 is 10.0 Å². The maximum absolute atomic E-state index is 12.4. The molecule has 1 aliphatic rings. The molecule has 0 aliphatic carbocycles. The Bertz CT molecular complexity index is 584. The third kappa shape index (κ3) is 3.32. The first-order chi connectivity index (χ1) is 9.75. The molecule has 21 heavy (non-hydrogen) atoms. The molecule has 1 saturated heterocycles. The maximum Gasteiger partial charge on any atom is 0.501 e. The van der Waals surface area contributed by atoms with Crippen LogP contribution in [0.2, 0.25) is 0 Å². The Morgan fingerprint density at radius 3 is 2.38 bits per heavy atom. The van der Waals surface area contributed by atoms with E-state index in [0.29, 0.717) is 12.2 Å². The Morgan fingerprint density at radius 1 is 1.24 bits per heavy atom. The fraction of sp³-hybridized carbons (Fsp3) is 0.538. The molecular formula is C13H16F3NO3S. The second-order valence-electron chi connectivity index (χ2n) is 5.08. The Hall–Kier alpha value is -1.28. The van der Waals surface area contributed by atoms with E-state index >= 15 is 0 Å². The van der Waals surface area contributed by atoms with Crippen molar-refractivity contribution in [2.45, 2.75) is 23.2 Å². The summed E-state index contributed by atoms with van der Waals surface area (Å²) in [5.41, 5.74) is -4.63. The first-order valence-electron chi connectivity index (χ1n) is 6.53. The number of rotatable bonds is 3. The zero-order valence-electron chi connectivity index (χ0n) is 11.2. The van der Waals surface area contributed by atoms with E-state index in [4.69, 9.17) is 5.11 Å². The summed E-state index contributed by atoms with van der Waals surface area (Å²) in [5.74, 6) is 0.136. The number of hydrogen-bond donors (Lipinski definition) is 1. The quantitative estimate of drug-likeness (QED) is 0.926. The van der Waals surface area contributed by atoms with E-state index in [1.54, 1.807) is 0 Å². The van der Waals surface area contributed by atoms with E-state index in [2.05, 4.69) is 0 Å². The second kappa shape index (κ2) is 5.84. The van der Waals surface area contributed by atoms with Crippen LogP contribution >= 0.6 is 0 Å². The average molecular weight is 323 g/mol. The maximum atomic E-state index is 12.4. The fourth-order valence-corrected chi connectivity index (χ4v) is 3.18. The molecule has 4 nitrogen and oxygen atoms in total. The van der Waals surface area contributed by atoms with Gasteiger partial charge in [0.15, 0.2) is 0 Å². The van der Waals surface area contributed by atoms with Gasteiger partial charge in [-0.25, -0.2) is 8.42 Å². The van der Waals surface area contributed by atoms with E-state index in [1.165, 1.54) is 12.1 Å². The highest BCUT2D eigenvalue weighted by Gasteiger charge is 2.46. The van der Waals surface area contributed by atoms with Crippen LogP contribution in [0.3, 0.4) is 0 Å². The molecule has 0 radical (unpaired) electrons. The molecule has 1 aromatic carbocycles. The molecular weight excluding hydrogens is 307 g/mol. The van der Waals surface area contributed by atoms with E-state index < -0.39 is 20.2 Å². The lowest BCUT2D eigenvalue weighted by atomic mass is 9.98. The molecule has 2 rings (SSSR count). The molecule has 0 aromatic heterocycles. The Kier molecular flexibility index (Phi) is 4.48. The summed E-state index contributed by atoms with van der Waals surface area (Å²) in [6.45, 7) is 1.42. The molecule has 118 valence electrons. The average Bonchev–Trinajstić information content (AvgIpc) is 2.46. The SMILES string of the molecule is O=S(=O)(c1ccc(N2CCCC(CO)C2)cc1)C(F)(F)F. The van der Waals surface area contributed by atoms with Crippen LogP contribution in [0, 0.1) is 5.92 Å². The topological polar surface area (TPSA) is 57.6 Å². The number of alkyl halides is 3. The molecule has 1 heterocycles. The lowest BCUT2D eigenvalue weighted by molar-refractivity contribution is -0.0436. The number of piperidine rings is 1. The highest BCUT2D eigenvalue weighted by Crippen LogP contribution is 2.31. The number of anilines is 1. The van der Waals surface area contributed by atoms with Gasteiger partial charge in [0.2, 0.25) is 0 Å². The minimum atomic E-state index is -5.30. The monoisotopic (exact) mass is 323 g/mol. The number of halogens is 3. The van der Waals surface area contributed by atoms with Crippen molar-refractivity contribution in [2.24, 2.45) is 5.92 Å². The van der Waals surface area contributed by atoms with Crippen molar-refractivity contribution < 1.29 is 26.7 Å². The van der Waals surface area contributed by atoms with Gasteiger partial charge >= 0.3 is 5.51 Å². The summed E-state index contributed by atoms with van der Waals surface area (Å²) in [4.78, 5) is 1.18. The van der Waals surface area contributed by atoms with Crippen LogP contribution in [-0.2, 0) is 9.84 Å². The number of aliphatic hydroxyl groups is 1. The van der Waals surface area contributed by atoms with Crippen LogP contribution in [0.4, 0.5) is 18.9 Å². The second-order valence-corrected chi connectivity index (χ2v) is 7.02. The van der Waals surface area contributed by atoms with Gasteiger partial charge in [0.05, 0.1) is 4.90 Å². The predicted octanol–water partition coefficient (Wildman–Crippen LogP) is 2.19. The molecule has 1 unspecified atom stereocenters. The van der Waals surface area contributed by atoms with Gasteiger partial charge in [0.25, 0.3) is 9.84 Å². The smallest absolute Gasteiger partial charge is 0.396 e. The summed E-state index contributed by atoms with van der Waals surface area (Å²) in [7, 11) is -5.30. The molecule has 1 N–H and O–H groups in total. The fourth-order valence-electron chi connectivity index (χ4n) is 2.42. The minimum Gasteiger partial charge on any atom is -0.396 e. The zero-order chi connectivity index (χ0) is 15.7. The Labute approximate surface area is 121 Å². The molecule has 0 bridgehead atoms. The van der Waals surface area contributed by atoms with Crippen LogP contribution in [0.15, 0.2) is 29.2 Å². The lowest BCUT2D eigenvalue weighted by Crippen LogP contribution is -2.36. The summed E-state index contributed by atoms with van der Waals surface area (Å²) in [5, 5.41) is 9.17. The zero-order valence-corrected chi connectivity index (χ0v) is 12.0. The van der Waals surface area contributed by atoms with Crippen molar-refractivity contribution in [3.63, 3.8) is 0 Å². The van der Waals surface area contributed by atoms with Crippen LogP contribution in [0.25, 0.3) is 0 Å². The van der Waals surface area contributed by atoms with Gasteiger partial charge in [-0.05, 0) is 43.0 Å². The molecule has 1 aromatic rings. The van der Waals surface area contributed by atoms with E-state index in [1.807, 2.05) is 4.90 Å². The molecule has 1 aliphatic heterocycles. The van der Waals surface area contributed by atoms with Crippen molar-refractivity contribution in [1.82, 2.24) is 0 Å². The highest BCUT2D eigenvalue weighted by molar-refractivity contribution is 7.92. The molecule has 8 heteroatoms. The van der Waals surface area contributed by atoms with E-state index in [-0.39, 0.29) is 12.5 Å². The predicted molar refractivity (Wildman–Crippen MR) is 71.7 cm³/mol. The van der Waals surface area contributed by atoms with Gasteiger partial charge in [0, 0.05) is 25.4 Å². The van der Waals surface area contributed by atoms with Crippen molar-refractivity contribution in [1.29, 1.82) is 0 Å². The largest absolute Gasteiger partial charge is 0.501 e. The van der Waals surface area contributed by atoms with Gasteiger partial charge in [-0.15, -0.1) is 0 Å². The molecule has 1 atom stereocenters. The lowest BCUT2D eigenvalue weighted by Gasteiger charge is -2.33. The minimum absolute atomic E-state index is 0.0665. The standard InChI is InChI=1S/C13H16F3NO3S/c14-13(15,16)21(19,20)12-5-3-11(4-6-12)17-7-1-2-10(8-17)9-18/h3-6,10,18H,1-2,7-9H2. The van der Waals surface area contributed by atoms with Gasteiger partial charge in [-0.1, -0.05) is 0 Å². The van der Waals surface area contributed by atoms with Crippen LogP contribution in [0.5, 0.6) is 0 Å². The van der Waals surface area contributed by atoms with E-state index in [0.717, 1.165) is 31.5 Å². The van der Waals surface area contributed by atoms with Gasteiger partial charge in [-0.2, -0.15) is 13.2 Å². The summed E-state index contributed by atoms with van der Waals surface area (Å²) in [6.07, 6.45) is 1.79. The number of sulfone groups is 1. The first kappa shape index (κ1) is 16.1. The van der Waals surface area contributed by atoms with Crippen LogP contribution < -0.4 is 4.90 Å². The van der Waals surface area contributed by atoms with Crippen molar-refractivity contribution >= 4 is 15.5 Å². The number of benzene rings is 1. The normalized spacial score (nSPS) is 20.6. The Balaban J connectivity index is 2.20. The summed E-state index contributed by atoms with van der Waals surface area (Å²) < 4.78 is 59.9. The highest BCUT2D eigenvalue weighted by atomic mass is 32.2. The number of aliphatic hydroxyl groups excluding tert-OH is 1. The van der Waals surface area contributed by atoms with Crippen molar-refractivity contribution in [2.75, 3.05) is 24.6 Å². The van der Waals surface area contributed by atoms with Gasteiger partial charge in [0.1, 0.15) is 0 Å². The molecule has 1 fully saturated rings. The van der Waals surface area contributed by atoms with E-state index in [9.17, 15) is 21.6 Å². The molecule has 0 saturated carbocycles.